The highest BCUT2D eigenvalue weighted by Crippen LogP contribution is 2.27. The van der Waals surface area contributed by atoms with Gasteiger partial charge in [-0.1, -0.05) is 18.2 Å². The van der Waals surface area contributed by atoms with Crippen LogP contribution in [0.4, 0.5) is 10.1 Å². The van der Waals surface area contributed by atoms with E-state index >= 15 is 0 Å². The van der Waals surface area contributed by atoms with Crippen molar-refractivity contribution >= 4 is 23.4 Å². The van der Waals surface area contributed by atoms with Crippen molar-refractivity contribution in [2.24, 2.45) is 0 Å². The van der Waals surface area contributed by atoms with E-state index in [2.05, 4.69) is 4.90 Å². The van der Waals surface area contributed by atoms with Crippen LogP contribution in [0.5, 0.6) is 0 Å². The quantitative estimate of drug-likeness (QED) is 0.646. The summed E-state index contributed by atoms with van der Waals surface area (Å²) in [6, 6.07) is 11.5. The summed E-state index contributed by atoms with van der Waals surface area (Å²) in [5.74, 6) is -1.60. The molecule has 3 amide bonds. The molecule has 4 rings (SSSR count). The fraction of sp³-hybridized carbons (Fsp3) is 0.375. The second-order valence-electron chi connectivity index (χ2n) is 8.03. The van der Waals surface area contributed by atoms with Gasteiger partial charge in [-0.3, -0.25) is 19.3 Å². The molecular weight excluding hydrogens is 413 g/mol. The van der Waals surface area contributed by atoms with E-state index in [9.17, 15) is 18.8 Å². The van der Waals surface area contributed by atoms with E-state index in [-0.39, 0.29) is 12.3 Å². The first kappa shape index (κ1) is 22.1. The van der Waals surface area contributed by atoms with Crippen molar-refractivity contribution in [1.29, 1.82) is 0 Å². The lowest BCUT2D eigenvalue weighted by atomic mass is 10.1. The zero-order valence-corrected chi connectivity index (χ0v) is 18.0. The molecule has 2 saturated heterocycles. The summed E-state index contributed by atoms with van der Waals surface area (Å²) in [5.41, 5.74) is 1.62. The Morgan fingerprint density at radius 3 is 2.47 bits per heavy atom. The second kappa shape index (κ2) is 9.58. The van der Waals surface area contributed by atoms with Gasteiger partial charge in [-0.05, 0) is 42.8 Å². The largest absolute Gasteiger partial charge is 0.379 e. The molecule has 2 aromatic rings. The van der Waals surface area contributed by atoms with Crippen molar-refractivity contribution in [1.82, 2.24) is 9.80 Å². The zero-order chi connectivity index (χ0) is 22.7. The SMILES string of the molecule is Cc1ccccc1C(=O)N(CCN1CCOCC1)C1CC(=O)N(c2ccc(F)cc2)C1=O. The number of carbonyl (C=O) groups is 3. The Labute approximate surface area is 186 Å². The average molecular weight is 439 g/mol. The molecule has 0 aromatic heterocycles. The maximum absolute atomic E-state index is 13.5. The lowest BCUT2D eigenvalue weighted by Crippen LogP contribution is -2.49. The molecule has 0 bridgehead atoms. The molecule has 1 unspecified atom stereocenters. The van der Waals surface area contributed by atoms with Crippen molar-refractivity contribution in [2.45, 2.75) is 19.4 Å². The number of rotatable bonds is 6. The Bertz CT molecular complexity index is 1000. The Kier molecular flexibility index (Phi) is 6.62. The van der Waals surface area contributed by atoms with Crippen LogP contribution in [-0.2, 0) is 14.3 Å². The molecule has 0 radical (unpaired) electrons. The maximum Gasteiger partial charge on any atom is 0.257 e. The first-order valence-corrected chi connectivity index (χ1v) is 10.7. The molecule has 2 aliphatic heterocycles. The topological polar surface area (TPSA) is 70.2 Å². The van der Waals surface area contributed by atoms with Crippen LogP contribution in [0.1, 0.15) is 22.3 Å². The van der Waals surface area contributed by atoms with Crippen LogP contribution in [0.15, 0.2) is 48.5 Å². The van der Waals surface area contributed by atoms with Gasteiger partial charge in [0.1, 0.15) is 11.9 Å². The highest BCUT2D eigenvalue weighted by atomic mass is 19.1. The Morgan fingerprint density at radius 2 is 1.78 bits per heavy atom. The number of halogens is 1. The van der Waals surface area contributed by atoms with Crippen LogP contribution in [0.2, 0.25) is 0 Å². The summed E-state index contributed by atoms with van der Waals surface area (Å²) >= 11 is 0. The number of amides is 3. The number of ether oxygens (including phenoxy) is 1. The number of nitrogens with zero attached hydrogens (tertiary/aromatic N) is 3. The van der Waals surface area contributed by atoms with Crippen molar-refractivity contribution in [3.63, 3.8) is 0 Å². The van der Waals surface area contributed by atoms with Gasteiger partial charge in [0.15, 0.2) is 0 Å². The van der Waals surface area contributed by atoms with Crippen LogP contribution in [0.25, 0.3) is 0 Å². The normalized spacial score (nSPS) is 19.4. The molecule has 2 heterocycles. The van der Waals surface area contributed by atoms with E-state index in [1.807, 2.05) is 19.1 Å². The predicted octanol–water partition coefficient (Wildman–Crippen LogP) is 2.24. The number of benzene rings is 2. The Hall–Kier alpha value is -3.10. The van der Waals surface area contributed by atoms with Gasteiger partial charge in [-0.15, -0.1) is 0 Å². The van der Waals surface area contributed by atoms with Crippen LogP contribution in [0, 0.1) is 12.7 Å². The minimum absolute atomic E-state index is 0.100. The minimum atomic E-state index is -0.902. The van der Waals surface area contributed by atoms with Crippen molar-refractivity contribution in [2.75, 3.05) is 44.3 Å². The molecule has 0 N–H and O–H groups in total. The van der Waals surface area contributed by atoms with Gasteiger partial charge in [-0.25, -0.2) is 9.29 Å². The average Bonchev–Trinajstić information content (AvgIpc) is 3.09. The summed E-state index contributed by atoms with van der Waals surface area (Å²) in [7, 11) is 0. The molecule has 1 atom stereocenters. The summed E-state index contributed by atoms with van der Waals surface area (Å²) < 4.78 is 18.7. The molecular formula is C24H26FN3O4. The standard InChI is InChI=1S/C24H26FN3O4/c1-17-4-2-3-5-20(17)23(30)27(11-10-26-12-14-32-15-13-26)21-16-22(29)28(24(21)31)19-8-6-18(25)7-9-19/h2-9,21H,10-16H2,1H3. The molecule has 8 heteroatoms. The number of imide groups is 1. The Balaban J connectivity index is 1.60. The fourth-order valence-electron chi connectivity index (χ4n) is 4.16. The smallest absolute Gasteiger partial charge is 0.257 e. The monoisotopic (exact) mass is 439 g/mol. The highest BCUT2D eigenvalue weighted by Gasteiger charge is 2.44. The third kappa shape index (κ3) is 4.56. The lowest BCUT2D eigenvalue weighted by molar-refractivity contribution is -0.122. The number of hydrogen-bond acceptors (Lipinski definition) is 5. The zero-order valence-electron chi connectivity index (χ0n) is 18.0. The number of aryl methyl sites for hydroxylation is 1. The van der Waals surface area contributed by atoms with E-state index in [1.54, 1.807) is 12.1 Å². The molecule has 2 aliphatic rings. The van der Waals surface area contributed by atoms with Gasteiger partial charge in [-0.2, -0.15) is 0 Å². The van der Waals surface area contributed by atoms with Gasteiger partial charge in [0, 0.05) is 31.7 Å². The molecule has 32 heavy (non-hydrogen) atoms. The van der Waals surface area contributed by atoms with Crippen LogP contribution >= 0.6 is 0 Å². The van der Waals surface area contributed by atoms with E-state index in [1.165, 1.54) is 29.2 Å². The number of anilines is 1. The van der Waals surface area contributed by atoms with Gasteiger partial charge in [0.2, 0.25) is 5.91 Å². The van der Waals surface area contributed by atoms with Crippen molar-refractivity contribution in [3.05, 3.63) is 65.5 Å². The molecule has 0 saturated carbocycles. The van der Waals surface area contributed by atoms with Gasteiger partial charge in [0.05, 0.1) is 25.3 Å². The number of hydrogen-bond donors (Lipinski definition) is 0. The first-order valence-electron chi connectivity index (χ1n) is 10.7. The fourth-order valence-corrected chi connectivity index (χ4v) is 4.16. The minimum Gasteiger partial charge on any atom is -0.379 e. The Morgan fingerprint density at radius 1 is 1.09 bits per heavy atom. The third-order valence-electron chi connectivity index (χ3n) is 5.98. The third-order valence-corrected chi connectivity index (χ3v) is 5.98. The van der Waals surface area contributed by atoms with E-state index in [4.69, 9.17) is 4.74 Å². The van der Waals surface area contributed by atoms with Crippen LogP contribution in [-0.4, -0.2) is 73.0 Å². The van der Waals surface area contributed by atoms with E-state index < -0.39 is 23.7 Å². The molecule has 0 spiro atoms. The summed E-state index contributed by atoms with van der Waals surface area (Å²) in [6.07, 6.45) is -0.100. The van der Waals surface area contributed by atoms with Crippen LogP contribution < -0.4 is 4.90 Å². The molecule has 0 aliphatic carbocycles. The van der Waals surface area contributed by atoms with E-state index in [0.29, 0.717) is 37.6 Å². The molecule has 168 valence electrons. The summed E-state index contributed by atoms with van der Waals surface area (Å²) in [4.78, 5) is 44.3. The summed E-state index contributed by atoms with van der Waals surface area (Å²) in [6.45, 7) is 5.51. The summed E-state index contributed by atoms with van der Waals surface area (Å²) in [5, 5.41) is 0. The highest BCUT2D eigenvalue weighted by molar-refractivity contribution is 6.23. The van der Waals surface area contributed by atoms with Gasteiger partial charge >= 0.3 is 0 Å². The molecule has 2 aromatic carbocycles. The number of carbonyl (C=O) groups excluding carboxylic acids is 3. The van der Waals surface area contributed by atoms with Gasteiger partial charge < -0.3 is 9.64 Å². The van der Waals surface area contributed by atoms with Crippen LogP contribution in [0.3, 0.4) is 0 Å². The van der Waals surface area contributed by atoms with Crippen molar-refractivity contribution in [3.8, 4) is 0 Å². The second-order valence-corrected chi connectivity index (χ2v) is 8.03. The van der Waals surface area contributed by atoms with Gasteiger partial charge in [0.25, 0.3) is 11.8 Å². The molecule has 7 nitrogen and oxygen atoms in total. The van der Waals surface area contributed by atoms with E-state index in [0.717, 1.165) is 23.6 Å². The maximum atomic E-state index is 13.5. The number of morpholine rings is 1. The van der Waals surface area contributed by atoms with Crippen molar-refractivity contribution < 1.29 is 23.5 Å². The first-order chi connectivity index (χ1) is 15.5. The molecule has 2 fully saturated rings. The lowest BCUT2D eigenvalue weighted by Gasteiger charge is -2.32. The predicted molar refractivity (Wildman–Crippen MR) is 117 cm³/mol.